The molecule has 1 saturated carbocycles. The van der Waals surface area contributed by atoms with Crippen molar-refractivity contribution >= 4 is 27.6 Å². The summed E-state index contributed by atoms with van der Waals surface area (Å²) < 4.78 is 24.0. The Morgan fingerprint density at radius 2 is 1.55 bits per heavy atom. The van der Waals surface area contributed by atoms with Crippen LogP contribution in [0.25, 0.3) is 11.1 Å². The first-order valence-electron chi connectivity index (χ1n) is 9.10. The van der Waals surface area contributed by atoms with Crippen molar-refractivity contribution in [3.8, 4) is 11.1 Å². The molecule has 0 atom stereocenters. The monoisotopic (exact) mass is 416 g/mol. The minimum absolute atomic E-state index is 0.00300. The predicted molar refractivity (Wildman–Crippen MR) is 105 cm³/mol. The van der Waals surface area contributed by atoms with E-state index in [1.54, 1.807) is 0 Å². The third-order valence-corrected chi connectivity index (χ3v) is 6.87. The van der Waals surface area contributed by atoms with Crippen molar-refractivity contribution in [3.05, 3.63) is 52.6 Å². The molecule has 2 N–H and O–H groups in total. The van der Waals surface area contributed by atoms with Gasteiger partial charge in [0.1, 0.15) is 0 Å². The van der Waals surface area contributed by atoms with Gasteiger partial charge in [0.25, 0.3) is 0 Å². The van der Waals surface area contributed by atoms with Crippen LogP contribution in [-0.2, 0) is 9.84 Å². The maximum Gasteiger partial charge on any atom is 0.336 e. The third kappa shape index (κ3) is 3.80. The Bertz CT molecular complexity index is 1120. The fourth-order valence-electron chi connectivity index (χ4n) is 3.36. The molecule has 1 aliphatic carbocycles. The van der Waals surface area contributed by atoms with Crippen LogP contribution in [0.4, 0.5) is 0 Å². The zero-order valence-electron chi connectivity index (χ0n) is 15.9. The second-order valence-electron chi connectivity index (χ2n) is 7.02. The minimum atomic E-state index is -3.42. The molecule has 0 bridgehead atoms. The standard InChI is InChI=1S/C21H20O7S/c1-3-29(27,28)14-8-6-12(7-9-14)15-10-16(19(22)13-4-5-13)18(21(25)26)11(2)17(15)20(23)24/h6-10,13H,3-5H2,1-2H3,(H,23,24)(H,25,26). The Morgan fingerprint density at radius 1 is 1.00 bits per heavy atom. The average molecular weight is 416 g/mol. The lowest BCUT2D eigenvalue weighted by Gasteiger charge is -2.16. The van der Waals surface area contributed by atoms with Gasteiger partial charge in [-0.15, -0.1) is 0 Å². The number of aromatic carboxylic acids is 2. The van der Waals surface area contributed by atoms with Crippen molar-refractivity contribution in [1.82, 2.24) is 0 Å². The first-order chi connectivity index (χ1) is 13.6. The first-order valence-corrected chi connectivity index (χ1v) is 10.7. The van der Waals surface area contributed by atoms with Crippen LogP contribution in [0.5, 0.6) is 0 Å². The largest absolute Gasteiger partial charge is 0.478 e. The number of rotatable bonds is 7. The highest BCUT2D eigenvalue weighted by Crippen LogP contribution is 2.37. The minimum Gasteiger partial charge on any atom is -0.478 e. The lowest BCUT2D eigenvalue weighted by Crippen LogP contribution is -2.16. The van der Waals surface area contributed by atoms with Crippen LogP contribution < -0.4 is 0 Å². The van der Waals surface area contributed by atoms with E-state index in [0.717, 1.165) is 0 Å². The molecule has 1 fully saturated rings. The van der Waals surface area contributed by atoms with E-state index in [0.29, 0.717) is 18.4 Å². The van der Waals surface area contributed by atoms with E-state index >= 15 is 0 Å². The molecule has 8 heteroatoms. The van der Waals surface area contributed by atoms with Crippen molar-refractivity contribution < 1.29 is 33.0 Å². The first kappa shape index (κ1) is 20.7. The molecule has 0 spiro atoms. The fourth-order valence-corrected chi connectivity index (χ4v) is 4.25. The van der Waals surface area contributed by atoms with E-state index in [9.17, 15) is 33.0 Å². The Labute approximate surface area is 167 Å². The van der Waals surface area contributed by atoms with E-state index in [2.05, 4.69) is 0 Å². The molecule has 1 aliphatic rings. The summed E-state index contributed by atoms with van der Waals surface area (Å²) in [7, 11) is -3.42. The molecule has 0 heterocycles. The Balaban J connectivity index is 2.26. The van der Waals surface area contributed by atoms with Crippen LogP contribution in [0.15, 0.2) is 35.2 Å². The van der Waals surface area contributed by atoms with Crippen LogP contribution in [-0.4, -0.2) is 42.1 Å². The van der Waals surface area contributed by atoms with Crippen LogP contribution in [0.2, 0.25) is 0 Å². The highest BCUT2D eigenvalue weighted by molar-refractivity contribution is 7.91. The van der Waals surface area contributed by atoms with Gasteiger partial charge in [-0.05, 0) is 54.7 Å². The van der Waals surface area contributed by atoms with E-state index in [-0.39, 0.29) is 50.2 Å². The van der Waals surface area contributed by atoms with Crippen molar-refractivity contribution in [2.75, 3.05) is 5.75 Å². The van der Waals surface area contributed by atoms with Gasteiger partial charge in [-0.3, -0.25) is 4.79 Å². The number of carboxylic acid groups (broad SMARTS) is 2. The summed E-state index contributed by atoms with van der Waals surface area (Å²) in [4.78, 5) is 36.5. The molecule has 0 unspecified atom stereocenters. The second-order valence-corrected chi connectivity index (χ2v) is 9.30. The van der Waals surface area contributed by atoms with E-state index < -0.39 is 21.8 Å². The van der Waals surface area contributed by atoms with Gasteiger partial charge in [-0.25, -0.2) is 18.0 Å². The molecule has 0 aromatic heterocycles. The van der Waals surface area contributed by atoms with Gasteiger partial charge in [0.05, 0.1) is 21.8 Å². The highest BCUT2D eigenvalue weighted by Gasteiger charge is 2.35. The molecule has 3 rings (SSSR count). The Morgan fingerprint density at radius 3 is 2.00 bits per heavy atom. The van der Waals surface area contributed by atoms with Gasteiger partial charge in [0.2, 0.25) is 0 Å². The molecule has 0 radical (unpaired) electrons. The van der Waals surface area contributed by atoms with Gasteiger partial charge in [0, 0.05) is 11.5 Å². The molecule has 2 aromatic rings. The van der Waals surface area contributed by atoms with Gasteiger partial charge in [0.15, 0.2) is 15.6 Å². The molecule has 29 heavy (non-hydrogen) atoms. The number of carboxylic acids is 2. The van der Waals surface area contributed by atoms with Gasteiger partial charge in [-0.1, -0.05) is 19.1 Å². The van der Waals surface area contributed by atoms with Crippen LogP contribution >= 0.6 is 0 Å². The number of carbonyl (C=O) groups excluding carboxylic acids is 1. The summed E-state index contributed by atoms with van der Waals surface area (Å²) >= 11 is 0. The molecule has 0 amide bonds. The van der Waals surface area contributed by atoms with Crippen LogP contribution in [0.3, 0.4) is 0 Å². The Hall–Kier alpha value is -3.00. The number of sulfone groups is 1. The lowest BCUT2D eigenvalue weighted by molar-refractivity contribution is 0.0690. The van der Waals surface area contributed by atoms with E-state index in [1.165, 1.54) is 44.2 Å². The number of Topliss-reactive ketones (excluding diaryl/α,β-unsaturated/α-hetero) is 1. The topological polar surface area (TPSA) is 126 Å². The van der Waals surface area contributed by atoms with Crippen molar-refractivity contribution in [1.29, 1.82) is 0 Å². The van der Waals surface area contributed by atoms with Crippen LogP contribution in [0.1, 0.15) is 56.4 Å². The normalized spacial score (nSPS) is 13.9. The van der Waals surface area contributed by atoms with Crippen molar-refractivity contribution in [3.63, 3.8) is 0 Å². The van der Waals surface area contributed by atoms with E-state index in [4.69, 9.17) is 0 Å². The number of benzene rings is 2. The quantitative estimate of drug-likeness (QED) is 0.662. The van der Waals surface area contributed by atoms with Gasteiger partial charge in [-0.2, -0.15) is 0 Å². The number of hydrogen-bond acceptors (Lipinski definition) is 5. The summed E-state index contributed by atoms with van der Waals surface area (Å²) in [6.45, 7) is 2.89. The molecule has 152 valence electrons. The molecular weight excluding hydrogens is 396 g/mol. The Kier molecular flexibility index (Phi) is 5.32. The van der Waals surface area contributed by atoms with Crippen molar-refractivity contribution in [2.24, 2.45) is 5.92 Å². The summed E-state index contributed by atoms with van der Waals surface area (Å²) in [6, 6.07) is 7.00. The van der Waals surface area contributed by atoms with Crippen molar-refractivity contribution in [2.45, 2.75) is 31.6 Å². The molecule has 2 aromatic carbocycles. The molecule has 7 nitrogen and oxygen atoms in total. The van der Waals surface area contributed by atoms with Gasteiger partial charge < -0.3 is 10.2 Å². The smallest absolute Gasteiger partial charge is 0.336 e. The molecule has 0 saturated heterocycles. The lowest BCUT2D eigenvalue weighted by atomic mass is 9.87. The number of carbonyl (C=O) groups is 3. The average Bonchev–Trinajstić information content (AvgIpc) is 3.51. The maximum atomic E-state index is 12.7. The zero-order valence-corrected chi connectivity index (χ0v) is 16.7. The highest BCUT2D eigenvalue weighted by atomic mass is 32.2. The summed E-state index contributed by atoms with van der Waals surface area (Å²) in [6.07, 6.45) is 1.35. The summed E-state index contributed by atoms with van der Waals surface area (Å²) in [5, 5.41) is 19.3. The third-order valence-electron chi connectivity index (χ3n) is 5.12. The van der Waals surface area contributed by atoms with E-state index in [1.807, 2.05) is 0 Å². The summed E-state index contributed by atoms with van der Waals surface area (Å²) in [5.41, 5.74) is 0.0420. The number of ketones is 1. The molecular formula is C21H20O7S. The summed E-state index contributed by atoms with van der Waals surface area (Å²) in [5.74, 6) is -3.30. The predicted octanol–water partition coefficient (Wildman–Crippen LogP) is 3.44. The number of hydrogen-bond donors (Lipinski definition) is 2. The second kappa shape index (κ2) is 7.44. The maximum absolute atomic E-state index is 12.7. The molecule has 0 aliphatic heterocycles. The van der Waals surface area contributed by atoms with Gasteiger partial charge >= 0.3 is 11.9 Å². The zero-order chi connectivity index (χ0) is 21.5. The van der Waals surface area contributed by atoms with Crippen LogP contribution in [0, 0.1) is 12.8 Å². The fraction of sp³-hybridized carbons (Fsp3) is 0.286. The SMILES string of the molecule is CCS(=O)(=O)c1ccc(-c2cc(C(=O)C3CC3)c(C(=O)O)c(C)c2C(=O)O)cc1.